The molecule has 0 aliphatic rings. The molecular weight excluding hydrogens is 449 g/mol. The molecule has 8 heteroatoms. The predicted molar refractivity (Wildman–Crippen MR) is 114 cm³/mol. The van der Waals surface area contributed by atoms with Gasteiger partial charge in [-0.1, -0.05) is 25.1 Å². The fourth-order valence-corrected chi connectivity index (χ4v) is 2.87. The van der Waals surface area contributed by atoms with E-state index in [1.807, 2.05) is 0 Å². The quantitative estimate of drug-likeness (QED) is 0.358. The monoisotopic (exact) mass is 477 g/mol. The molecule has 0 fully saturated rings. The van der Waals surface area contributed by atoms with Crippen LogP contribution in [0.15, 0.2) is 27.0 Å². The van der Waals surface area contributed by atoms with Gasteiger partial charge in [0.2, 0.25) is 5.89 Å². The Morgan fingerprint density at radius 2 is 2.20 bits per heavy atom. The number of halogens is 1. The summed E-state index contributed by atoms with van der Waals surface area (Å²) in [7, 11) is 2.07. The first-order valence-corrected chi connectivity index (χ1v) is 9.32. The summed E-state index contributed by atoms with van der Waals surface area (Å²) in [6, 6.07) is 4.26. The molecule has 2 aromatic rings. The van der Waals surface area contributed by atoms with Crippen molar-refractivity contribution >= 4 is 41.3 Å². The maximum Gasteiger partial charge on any atom is 0.228 e. The minimum atomic E-state index is 0. The van der Waals surface area contributed by atoms with Crippen LogP contribution in [-0.4, -0.2) is 47.7 Å². The number of rotatable bonds is 8. The molecule has 6 nitrogen and oxygen atoms in total. The largest absolute Gasteiger partial charge is 0.357 e. The van der Waals surface area contributed by atoms with Crippen molar-refractivity contribution in [2.45, 2.75) is 39.5 Å². The van der Waals surface area contributed by atoms with E-state index in [-0.39, 0.29) is 29.9 Å². The lowest BCUT2D eigenvalue weighted by molar-refractivity contribution is 0.372. The van der Waals surface area contributed by atoms with E-state index in [1.54, 1.807) is 11.3 Å². The molecule has 0 amide bonds. The second-order valence-corrected chi connectivity index (χ2v) is 6.97. The molecule has 0 aromatic carbocycles. The summed E-state index contributed by atoms with van der Waals surface area (Å²) in [5.74, 6) is 2.61. The van der Waals surface area contributed by atoms with E-state index >= 15 is 0 Å². The Kier molecular flexibility index (Phi) is 10.0. The van der Waals surface area contributed by atoms with Gasteiger partial charge in [0.15, 0.2) is 11.8 Å². The predicted octanol–water partition coefficient (Wildman–Crippen LogP) is 3.56. The van der Waals surface area contributed by atoms with Crippen LogP contribution < -0.4 is 5.32 Å². The summed E-state index contributed by atoms with van der Waals surface area (Å²) in [5, 5.41) is 9.43. The minimum absolute atomic E-state index is 0. The van der Waals surface area contributed by atoms with Crippen LogP contribution in [0.4, 0.5) is 0 Å². The van der Waals surface area contributed by atoms with Crippen molar-refractivity contribution < 1.29 is 4.52 Å². The number of nitrogens with zero attached hydrogens (tertiary/aromatic N) is 4. The highest BCUT2D eigenvalue weighted by atomic mass is 127. The number of thiophene rings is 1. The summed E-state index contributed by atoms with van der Waals surface area (Å²) >= 11 is 1.80. The molecule has 0 spiro atoms. The Bertz CT molecular complexity index is 627. The normalized spacial score (nSPS) is 11.5. The second-order valence-electron chi connectivity index (χ2n) is 5.94. The summed E-state index contributed by atoms with van der Waals surface area (Å²) in [6.07, 6.45) is 1.69. The summed E-state index contributed by atoms with van der Waals surface area (Å²) in [6.45, 7) is 8.60. The lowest BCUT2D eigenvalue weighted by Crippen LogP contribution is -2.40. The van der Waals surface area contributed by atoms with E-state index in [0.29, 0.717) is 18.9 Å². The van der Waals surface area contributed by atoms with E-state index in [4.69, 9.17) is 4.52 Å². The first kappa shape index (κ1) is 21.9. The molecule has 2 aromatic heterocycles. The molecule has 0 aliphatic heterocycles. The van der Waals surface area contributed by atoms with Gasteiger partial charge in [0.05, 0.1) is 6.54 Å². The van der Waals surface area contributed by atoms with Crippen molar-refractivity contribution in [1.29, 1.82) is 0 Å². The van der Waals surface area contributed by atoms with Gasteiger partial charge in [0, 0.05) is 37.4 Å². The van der Waals surface area contributed by atoms with Crippen molar-refractivity contribution in [3.05, 3.63) is 34.1 Å². The van der Waals surface area contributed by atoms with E-state index in [1.165, 1.54) is 4.88 Å². The SMILES string of the molecule is CCNC(=NCCc1nc(C(C)C)no1)N(C)CCc1cccs1.I. The maximum absolute atomic E-state index is 5.26. The molecule has 0 unspecified atom stereocenters. The molecule has 2 heterocycles. The van der Waals surface area contributed by atoms with E-state index < -0.39 is 0 Å². The second kappa shape index (κ2) is 11.5. The number of likely N-dealkylation sites (N-methyl/N-ethyl adjacent to an activating group) is 1. The number of aliphatic imine (C=N–C) groups is 1. The maximum atomic E-state index is 5.26. The van der Waals surface area contributed by atoms with Crippen LogP contribution in [0.1, 0.15) is 43.3 Å². The van der Waals surface area contributed by atoms with Crippen LogP contribution in [-0.2, 0) is 12.8 Å². The summed E-state index contributed by atoms with van der Waals surface area (Å²) in [5.41, 5.74) is 0. The average Bonchev–Trinajstić information content (AvgIpc) is 3.23. The highest BCUT2D eigenvalue weighted by Gasteiger charge is 2.10. The Labute approximate surface area is 171 Å². The molecule has 140 valence electrons. The molecule has 0 radical (unpaired) electrons. The third-order valence-electron chi connectivity index (χ3n) is 3.56. The lowest BCUT2D eigenvalue weighted by atomic mass is 10.2. The van der Waals surface area contributed by atoms with Gasteiger partial charge in [-0.3, -0.25) is 4.99 Å². The van der Waals surface area contributed by atoms with Crippen molar-refractivity contribution in [2.75, 3.05) is 26.7 Å². The molecule has 1 N–H and O–H groups in total. The van der Waals surface area contributed by atoms with Crippen molar-refractivity contribution in [3.8, 4) is 0 Å². The van der Waals surface area contributed by atoms with Crippen molar-refractivity contribution in [2.24, 2.45) is 4.99 Å². The zero-order valence-electron chi connectivity index (χ0n) is 15.4. The van der Waals surface area contributed by atoms with Gasteiger partial charge in [-0.25, -0.2) is 0 Å². The van der Waals surface area contributed by atoms with Crippen LogP contribution in [0.2, 0.25) is 0 Å². The van der Waals surface area contributed by atoms with Crippen LogP contribution >= 0.6 is 35.3 Å². The number of aromatic nitrogens is 2. The Balaban J connectivity index is 0.00000312. The average molecular weight is 477 g/mol. The van der Waals surface area contributed by atoms with Gasteiger partial charge in [0.1, 0.15) is 0 Å². The third kappa shape index (κ3) is 7.31. The molecule has 0 saturated carbocycles. The van der Waals surface area contributed by atoms with Crippen LogP contribution in [0, 0.1) is 0 Å². The zero-order valence-corrected chi connectivity index (χ0v) is 18.5. The highest BCUT2D eigenvalue weighted by Crippen LogP contribution is 2.10. The van der Waals surface area contributed by atoms with Crippen LogP contribution in [0.25, 0.3) is 0 Å². The van der Waals surface area contributed by atoms with Gasteiger partial charge in [-0.15, -0.1) is 35.3 Å². The minimum Gasteiger partial charge on any atom is -0.357 e. The molecular formula is C17H28IN5OS. The van der Waals surface area contributed by atoms with E-state index in [2.05, 4.69) is 70.7 Å². The summed E-state index contributed by atoms with van der Waals surface area (Å²) in [4.78, 5) is 12.6. The van der Waals surface area contributed by atoms with Gasteiger partial charge >= 0.3 is 0 Å². The molecule has 2 rings (SSSR count). The Morgan fingerprint density at radius 1 is 1.40 bits per heavy atom. The van der Waals surface area contributed by atoms with Crippen molar-refractivity contribution in [1.82, 2.24) is 20.4 Å². The third-order valence-corrected chi connectivity index (χ3v) is 4.49. The molecule has 0 bridgehead atoms. The van der Waals surface area contributed by atoms with Gasteiger partial charge in [0.25, 0.3) is 0 Å². The number of hydrogen-bond acceptors (Lipinski definition) is 5. The topological polar surface area (TPSA) is 66.5 Å². The van der Waals surface area contributed by atoms with Gasteiger partial charge < -0.3 is 14.7 Å². The lowest BCUT2D eigenvalue weighted by Gasteiger charge is -2.21. The molecule has 0 atom stereocenters. The fraction of sp³-hybridized carbons (Fsp3) is 0.588. The first-order chi connectivity index (χ1) is 11.6. The summed E-state index contributed by atoms with van der Waals surface area (Å²) < 4.78 is 5.26. The van der Waals surface area contributed by atoms with Crippen LogP contribution in [0.5, 0.6) is 0 Å². The van der Waals surface area contributed by atoms with E-state index in [0.717, 1.165) is 31.3 Å². The van der Waals surface area contributed by atoms with E-state index in [9.17, 15) is 0 Å². The molecule has 0 saturated heterocycles. The first-order valence-electron chi connectivity index (χ1n) is 8.44. The number of hydrogen-bond donors (Lipinski definition) is 1. The molecule has 0 aliphatic carbocycles. The molecule has 25 heavy (non-hydrogen) atoms. The highest BCUT2D eigenvalue weighted by molar-refractivity contribution is 14.0. The standard InChI is InChI=1S/C17H27N5OS.HI/c1-5-18-17(22(4)11-9-14-7-6-12-24-14)19-10-8-15-20-16(13(2)3)21-23-15;/h6-7,12-13H,5,8-11H2,1-4H3,(H,18,19);1H. The van der Waals surface area contributed by atoms with Gasteiger partial charge in [-0.2, -0.15) is 4.98 Å². The number of nitrogens with one attached hydrogen (secondary N) is 1. The Morgan fingerprint density at radius 3 is 2.80 bits per heavy atom. The zero-order chi connectivity index (χ0) is 17.4. The van der Waals surface area contributed by atoms with Crippen LogP contribution in [0.3, 0.4) is 0 Å². The van der Waals surface area contributed by atoms with Gasteiger partial charge in [-0.05, 0) is 24.8 Å². The Hall–Kier alpha value is -1.16. The van der Waals surface area contributed by atoms with Crippen molar-refractivity contribution in [3.63, 3.8) is 0 Å². The smallest absolute Gasteiger partial charge is 0.228 e. The number of guanidine groups is 1. The fourth-order valence-electron chi connectivity index (χ4n) is 2.17.